The van der Waals surface area contributed by atoms with Crippen LogP contribution < -0.4 is 10.6 Å². The van der Waals surface area contributed by atoms with E-state index in [1.54, 1.807) is 0 Å². The molecule has 0 aromatic carbocycles. The third-order valence-electron chi connectivity index (χ3n) is 1.66. The van der Waals surface area contributed by atoms with E-state index in [-0.39, 0.29) is 5.91 Å². The van der Waals surface area contributed by atoms with Crippen LogP contribution in [0.15, 0.2) is 23.8 Å². The largest absolute Gasteiger partial charge is 0.323 e. The first-order chi connectivity index (χ1) is 7.24. The van der Waals surface area contributed by atoms with Gasteiger partial charge in [0.25, 0.3) is 0 Å². The first kappa shape index (κ1) is 14.0. The van der Waals surface area contributed by atoms with Gasteiger partial charge in [0, 0.05) is 0 Å². The van der Waals surface area contributed by atoms with Gasteiger partial charge >= 0.3 is 0 Å². The Morgan fingerprint density at radius 3 is 2.67 bits per heavy atom. The summed E-state index contributed by atoms with van der Waals surface area (Å²) >= 11 is 4.50. The number of hydrogen-bond donors (Lipinski definition) is 2. The number of allylic oxidation sites excluding steroid dienone is 3. The molecule has 0 saturated heterocycles. The summed E-state index contributed by atoms with van der Waals surface area (Å²) in [4.78, 5) is 11.0. The Hall–Kier alpha value is -1.00. The van der Waals surface area contributed by atoms with Gasteiger partial charge in [0.1, 0.15) is 0 Å². The summed E-state index contributed by atoms with van der Waals surface area (Å²) in [5.41, 5.74) is 2.32. The zero-order valence-electron chi connectivity index (χ0n) is 9.25. The maximum absolute atomic E-state index is 11.0. The summed E-state index contributed by atoms with van der Waals surface area (Å²) in [7, 11) is 3.75. The Morgan fingerprint density at radius 1 is 1.53 bits per heavy atom. The molecule has 0 saturated carbocycles. The van der Waals surface area contributed by atoms with Crippen molar-refractivity contribution >= 4 is 23.6 Å². The lowest BCUT2D eigenvalue weighted by atomic mass is 10.0. The lowest BCUT2D eigenvalue weighted by molar-refractivity contribution is -0.118. The number of nitrogens with one attached hydrogen (secondary N) is 2. The van der Waals surface area contributed by atoms with Crippen LogP contribution >= 0.6 is 12.2 Å². The number of carbonyl (C=O) groups excluding carboxylic acids is 1. The topological polar surface area (TPSA) is 41.1 Å². The Labute approximate surface area is 96.6 Å². The minimum atomic E-state index is -0.0391. The minimum absolute atomic E-state index is 0.0391. The molecule has 3 nitrogen and oxygen atoms in total. The van der Waals surface area contributed by atoms with E-state index < -0.39 is 0 Å². The predicted octanol–water partition coefficient (Wildman–Crippen LogP) is 1.56. The van der Waals surface area contributed by atoms with E-state index in [0.29, 0.717) is 6.42 Å². The van der Waals surface area contributed by atoms with Crippen molar-refractivity contribution < 1.29 is 4.79 Å². The zero-order chi connectivity index (χ0) is 11.5. The van der Waals surface area contributed by atoms with Gasteiger partial charge in [-0.3, -0.25) is 4.79 Å². The van der Waals surface area contributed by atoms with Gasteiger partial charge in [-0.1, -0.05) is 30.4 Å². The van der Waals surface area contributed by atoms with Gasteiger partial charge in [-0.2, -0.15) is 0 Å². The van der Waals surface area contributed by atoms with Crippen molar-refractivity contribution in [2.24, 2.45) is 0 Å². The lowest BCUT2D eigenvalue weighted by Gasteiger charge is -2.04. The van der Waals surface area contributed by atoms with Gasteiger partial charge in [0.2, 0.25) is 5.91 Å². The molecule has 0 heterocycles. The maximum Gasteiger partial charge on any atom is 0.228 e. The summed E-state index contributed by atoms with van der Waals surface area (Å²) in [6.07, 6.45) is 8.72. The maximum atomic E-state index is 11.0. The average Bonchev–Trinajstić information content (AvgIpc) is 2.20. The molecule has 0 aromatic rings. The highest BCUT2D eigenvalue weighted by Gasteiger charge is 2.03. The standard InChI is InChI=1S/C9H11NOS.C2H7N/c11-9(10-7-12)6-8-4-2-1-3-5-8;1-3-2/h2,4-5,7H,1,3,6H2,(H,10,11,12);3H,1-2H3. The monoisotopic (exact) mass is 226 g/mol. The van der Waals surface area contributed by atoms with Crippen molar-refractivity contribution in [3.63, 3.8) is 0 Å². The van der Waals surface area contributed by atoms with Crippen molar-refractivity contribution in [3.05, 3.63) is 23.8 Å². The smallest absolute Gasteiger partial charge is 0.228 e. The molecule has 0 atom stereocenters. The quantitative estimate of drug-likeness (QED) is 0.718. The number of carbonyl (C=O) groups is 1. The van der Waals surface area contributed by atoms with Crippen LogP contribution in [0.2, 0.25) is 0 Å². The van der Waals surface area contributed by atoms with Crippen molar-refractivity contribution in [1.82, 2.24) is 10.6 Å². The number of rotatable bonds is 3. The van der Waals surface area contributed by atoms with Crippen LogP contribution in [0, 0.1) is 0 Å². The highest BCUT2D eigenvalue weighted by Crippen LogP contribution is 2.12. The zero-order valence-corrected chi connectivity index (χ0v) is 10.1. The molecule has 4 heteroatoms. The molecule has 0 bridgehead atoms. The van der Waals surface area contributed by atoms with Crippen molar-refractivity contribution in [2.45, 2.75) is 19.3 Å². The second-order valence-electron chi connectivity index (χ2n) is 3.12. The normalized spacial score (nSPS) is 13.3. The van der Waals surface area contributed by atoms with E-state index in [0.717, 1.165) is 18.4 Å². The summed E-state index contributed by atoms with van der Waals surface area (Å²) < 4.78 is 0. The Kier molecular flexibility index (Phi) is 8.91. The molecular weight excluding hydrogens is 208 g/mol. The molecule has 84 valence electrons. The fourth-order valence-corrected chi connectivity index (χ4v) is 1.23. The summed E-state index contributed by atoms with van der Waals surface area (Å²) in [6.45, 7) is 0. The van der Waals surface area contributed by atoms with Crippen molar-refractivity contribution in [3.8, 4) is 0 Å². The fraction of sp³-hybridized carbons (Fsp3) is 0.455. The van der Waals surface area contributed by atoms with E-state index in [1.165, 1.54) is 5.49 Å². The van der Waals surface area contributed by atoms with Crippen LogP contribution in [0.3, 0.4) is 0 Å². The Bertz CT molecular complexity index is 259. The fourth-order valence-electron chi connectivity index (χ4n) is 1.10. The van der Waals surface area contributed by atoms with Gasteiger partial charge in [0.15, 0.2) is 0 Å². The van der Waals surface area contributed by atoms with E-state index in [4.69, 9.17) is 0 Å². The summed E-state index contributed by atoms with van der Waals surface area (Å²) in [5.74, 6) is -0.0391. The minimum Gasteiger partial charge on any atom is -0.323 e. The molecular formula is C11H18N2OS. The van der Waals surface area contributed by atoms with Gasteiger partial charge in [-0.05, 0) is 32.5 Å². The van der Waals surface area contributed by atoms with E-state index in [9.17, 15) is 4.79 Å². The molecule has 1 rings (SSSR count). The molecule has 1 aliphatic rings. The number of thiocarbonyl (C=S) groups is 1. The van der Waals surface area contributed by atoms with E-state index >= 15 is 0 Å². The first-order valence-electron chi connectivity index (χ1n) is 4.91. The first-order valence-corrected chi connectivity index (χ1v) is 5.38. The van der Waals surface area contributed by atoms with Crippen molar-refractivity contribution in [1.29, 1.82) is 0 Å². The van der Waals surface area contributed by atoms with Crippen LogP contribution in [0.25, 0.3) is 0 Å². The molecule has 0 radical (unpaired) electrons. The van der Waals surface area contributed by atoms with Crippen LogP contribution in [-0.2, 0) is 4.79 Å². The van der Waals surface area contributed by atoms with Gasteiger partial charge in [-0.25, -0.2) is 0 Å². The highest BCUT2D eigenvalue weighted by molar-refractivity contribution is 7.78. The predicted molar refractivity (Wildman–Crippen MR) is 67.9 cm³/mol. The highest BCUT2D eigenvalue weighted by atomic mass is 32.1. The van der Waals surface area contributed by atoms with E-state index in [2.05, 4.69) is 35.0 Å². The third-order valence-corrected chi connectivity index (χ3v) is 1.77. The number of hydrogen-bond acceptors (Lipinski definition) is 3. The van der Waals surface area contributed by atoms with Crippen LogP contribution in [0.5, 0.6) is 0 Å². The van der Waals surface area contributed by atoms with Gasteiger partial charge in [0.05, 0.1) is 11.9 Å². The van der Waals surface area contributed by atoms with Crippen LogP contribution in [-0.4, -0.2) is 25.5 Å². The molecule has 0 aromatic heterocycles. The lowest BCUT2D eigenvalue weighted by Crippen LogP contribution is -2.20. The van der Waals surface area contributed by atoms with Crippen LogP contribution in [0.4, 0.5) is 0 Å². The molecule has 1 amide bonds. The summed E-state index contributed by atoms with van der Waals surface area (Å²) in [5, 5.41) is 5.22. The molecule has 0 unspecified atom stereocenters. The molecule has 2 N–H and O–H groups in total. The van der Waals surface area contributed by atoms with Gasteiger partial charge in [-0.15, -0.1) is 0 Å². The molecule has 0 aliphatic heterocycles. The van der Waals surface area contributed by atoms with Gasteiger partial charge < -0.3 is 10.6 Å². The van der Waals surface area contributed by atoms with Crippen LogP contribution in [0.1, 0.15) is 19.3 Å². The Morgan fingerprint density at radius 2 is 2.20 bits per heavy atom. The Balaban J connectivity index is 0.000000583. The molecule has 1 aliphatic carbocycles. The van der Waals surface area contributed by atoms with Crippen molar-refractivity contribution in [2.75, 3.05) is 14.1 Å². The second kappa shape index (κ2) is 9.55. The number of amides is 1. The average molecular weight is 226 g/mol. The van der Waals surface area contributed by atoms with E-state index in [1.807, 2.05) is 20.2 Å². The third kappa shape index (κ3) is 8.03. The molecule has 0 fully saturated rings. The molecule has 15 heavy (non-hydrogen) atoms. The molecule has 0 spiro atoms. The second-order valence-corrected chi connectivity index (χ2v) is 3.36. The SMILES string of the molecule is CNC.O=C(CC1=CCCC=C1)NC=S. The summed E-state index contributed by atoms with van der Waals surface area (Å²) in [6, 6.07) is 0.